The van der Waals surface area contributed by atoms with Crippen molar-refractivity contribution in [3.05, 3.63) is 0 Å². The monoisotopic (exact) mass is 156 g/mol. The molecule has 0 aliphatic heterocycles. The molecular formula is C2H8N2SZn. The first kappa shape index (κ1) is 15.8. The van der Waals surface area contributed by atoms with Crippen LogP contribution >= 0.6 is 0 Å². The van der Waals surface area contributed by atoms with Crippen LogP contribution in [-0.2, 0) is 33.0 Å². The molecule has 0 aromatic carbocycles. The fourth-order valence-corrected chi connectivity index (χ4v) is 0. The predicted molar refractivity (Wildman–Crippen MR) is 25.5 cm³/mol. The molecule has 0 heterocycles. The zero-order valence-electron chi connectivity index (χ0n) is 3.68. The van der Waals surface area contributed by atoms with Gasteiger partial charge in [0.1, 0.15) is 0 Å². The fourth-order valence-electron chi connectivity index (χ4n) is 0. The predicted octanol–water partition coefficient (Wildman–Crippen LogP) is -1.10. The smallest absolute Gasteiger partial charge is 2.00 e. The van der Waals surface area contributed by atoms with Gasteiger partial charge < -0.3 is 25.0 Å². The Morgan fingerprint density at radius 2 is 1.17 bits per heavy atom. The molecule has 0 aromatic heterocycles. The number of hydrogen-bond donors (Lipinski definition) is 2. The zero-order valence-corrected chi connectivity index (χ0v) is 7.47. The van der Waals surface area contributed by atoms with Gasteiger partial charge in [-0.1, -0.05) is 0 Å². The van der Waals surface area contributed by atoms with Crippen LogP contribution in [0.25, 0.3) is 0 Å². The molecule has 0 bridgehead atoms. The van der Waals surface area contributed by atoms with Crippen LogP contribution in [0.15, 0.2) is 0 Å². The van der Waals surface area contributed by atoms with Gasteiger partial charge in [0.15, 0.2) is 0 Å². The van der Waals surface area contributed by atoms with Crippen molar-refractivity contribution >= 4 is 13.5 Å². The van der Waals surface area contributed by atoms with Crippen LogP contribution in [0.4, 0.5) is 0 Å². The summed E-state index contributed by atoms with van der Waals surface area (Å²) in [6, 6.07) is 0. The molecule has 0 atom stereocenters. The molecule has 6 heavy (non-hydrogen) atoms. The second-order valence-electron chi connectivity index (χ2n) is 0.577. The van der Waals surface area contributed by atoms with Gasteiger partial charge in [-0.15, -0.1) is 0 Å². The van der Waals surface area contributed by atoms with Crippen molar-refractivity contribution in [3.63, 3.8) is 0 Å². The third-order valence-electron chi connectivity index (χ3n) is 0.167. The maximum atomic E-state index is 4.90. The molecule has 0 unspecified atom stereocenters. The van der Waals surface area contributed by atoms with E-state index in [2.05, 4.69) is 0 Å². The summed E-state index contributed by atoms with van der Waals surface area (Å²) in [4.78, 5) is 0. The van der Waals surface area contributed by atoms with E-state index in [0.29, 0.717) is 13.1 Å². The van der Waals surface area contributed by atoms with Crippen LogP contribution < -0.4 is 11.5 Å². The van der Waals surface area contributed by atoms with Gasteiger partial charge in [-0.05, 0) is 0 Å². The Hall–Kier alpha value is 0.893. The maximum absolute atomic E-state index is 4.90. The topological polar surface area (TPSA) is 52.0 Å². The summed E-state index contributed by atoms with van der Waals surface area (Å²) >= 11 is 0. The Balaban J connectivity index is -0.0000000450. The second kappa shape index (κ2) is 16.9. The molecule has 0 aromatic rings. The minimum Gasteiger partial charge on any atom is -2.00 e. The SMILES string of the molecule is NCCN.[S-2].[Zn+2]. The van der Waals surface area contributed by atoms with Crippen molar-refractivity contribution in [1.29, 1.82) is 0 Å². The van der Waals surface area contributed by atoms with Crippen molar-refractivity contribution in [2.24, 2.45) is 11.5 Å². The summed E-state index contributed by atoms with van der Waals surface area (Å²) in [6.07, 6.45) is 0. The first-order chi connectivity index (χ1) is 1.91. The summed E-state index contributed by atoms with van der Waals surface area (Å²) in [7, 11) is 0. The van der Waals surface area contributed by atoms with Crippen LogP contribution in [0.3, 0.4) is 0 Å². The van der Waals surface area contributed by atoms with E-state index in [1.54, 1.807) is 0 Å². The van der Waals surface area contributed by atoms with Crippen LogP contribution in [0, 0.1) is 0 Å². The van der Waals surface area contributed by atoms with Gasteiger partial charge in [0.25, 0.3) is 0 Å². The summed E-state index contributed by atoms with van der Waals surface area (Å²) in [6.45, 7) is 1.19. The molecule has 2 nitrogen and oxygen atoms in total. The van der Waals surface area contributed by atoms with Gasteiger partial charge in [-0.3, -0.25) is 0 Å². The first-order valence-electron chi connectivity index (χ1n) is 1.32. The Morgan fingerprint density at radius 1 is 1.00 bits per heavy atom. The molecule has 0 aliphatic rings. The maximum Gasteiger partial charge on any atom is 2.00 e. The number of hydrogen-bond acceptors (Lipinski definition) is 2. The van der Waals surface area contributed by atoms with E-state index in [1.807, 2.05) is 0 Å². The van der Waals surface area contributed by atoms with Crippen LogP contribution in [-0.4, -0.2) is 13.1 Å². The van der Waals surface area contributed by atoms with Gasteiger partial charge in [0.2, 0.25) is 0 Å². The molecule has 0 rings (SSSR count). The van der Waals surface area contributed by atoms with E-state index in [9.17, 15) is 0 Å². The van der Waals surface area contributed by atoms with Crippen molar-refractivity contribution in [2.45, 2.75) is 0 Å². The van der Waals surface area contributed by atoms with Crippen molar-refractivity contribution in [2.75, 3.05) is 13.1 Å². The van der Waals surface area contributed by atoms with Gasteiger partial charge in [0, 0.05) is 13.1 Å². The first-order valence-corrected chi connectivity index (χ1v) is 1.32. The van der Waals surface area contributed by atoms with E-state index in [1.165, 1.54) is 0 Å². The molecule has 0 amide bonds. The van der Waals surface area contributed by atoms with Crippen LogP contribution in [0.1, 0.15) is 0 Å². The minimum absolute atomic E-state index is 0. The second-order valence-corrected chi connectivity index (χ2v) is 0.577. The molecule has 0 spiro atoms. The normalized spacial score (nSPS) is 5.00. The summed E-state index contributed by atoms with van der Waals surface area (Å²) in [5.41, 5.74) is 9.81. The Kier molecular flexibility index (Phi) is 44.4. The molecule has 34 valence electrons. The molecule has 0 saturated carbocycles. The van der Waals surface area contributed by atoms with Gasteiger partial charge >= 0.3 is 19.5 Å². The molecule has 4 heteroatoms. The Bertz CT molecular complexity index is 13.5. The molecule has 0 saturated heterocycles. The Labute approximate surface area is 57.9 Å². The largest absolute Gasteiger partial charge is 2.00 e. The third-order valence-corrected chi connectivity index (χ3v) is 0.167. The van der Waals surface area contributed by atoms with Crippen LogP contribution in [0.5, 0.6) is 0 Å². The van der Waals surface area contributed by atoms with Gasteiger partial charge in [0.05, 0.1) is 0 Å². The quantitative estimate of drug-likeness (QED) is 0.475. The Morgan fingerprint density at radius 3 is 1.17 bits per heavy atom. The molecule has 0 fully saturated rings. The van der Waals surface area contributed by atoms with Crippen molar-refractivity contribution in [3.8, 4) is 0 Å². The van der Waals surface area contributed by atoms with E-state index in [0.717, 1.165) is 0 Å². The average molecular weight is 158 g/mol. The van der Waals surface area contributed by atoms with Gasteiger partial charge in [-0.25, -0.2) is 0 Å². The standard InChI is InChI=1S/C2H8N2.S.Zn/c3-1-2-4;;/h1-4H2;;/q;-2;+2. The third kappa shape index (κ3) is 20.7. The average Bonchev–Trinajstić information content (AvgIpc) is 1.37. The van der Waals surface area contributed by atoms with Gasteiger partial charge in [-0.2, -0.15) is 0 Å². The molecule has 4 N–H and O–H groups in total. The minimum atomic E-state index is 0. The summed E-state index contributed by atoms with van der Waals surface area (Å²) < 4.78 is 0. The van der Waals surface area contributed by atoms with Crippen LogP contribution in [0.2, 0.25) is 0 Å². The van der Waals surface area contributed by atoms with E-state index in [-0.39, 0.29) is 33.0 Å². The molecular weight excluding hydrogens is 149 g/mol. The summed E-state index contributed by atoms with van der Waals surface area (Å²) in [5, 5.41) is 0. The zero-order chi connectivity index (χ0) is 3.41. The van der Waals surface area contributed by atoms with Crippen molar-refractivity contribution < 1.29 is 19.5 Å². The van der Waals surface area contributed by atoms with E-state index < -0.39 is 0 Å². The van der Waals surface area contributed by atoms with E-state index >= 15 is 0 Å². The fraction of sp³-hybridized carbons (Fsp3) is 1.00. The molecule has 0 aliphatic carbocycles. The number of nitrogens with two attached hydrogens (primary N) is 2. The van der Waals surface area contributed by atoms with Crippen molar-refractivity contribution in [1.82, 2.24) is 0 Å². The summed E-state index contributed by atoms with van der Waals surface area (Å²) in [5.74, 6) is 0. The van der Waals surface area contributed by atoms with E-state index in [4.69, 9.17) is 11.5 Å². The number of rotatable bonds is 1. The molecule has 0 radical (unpaired) electrons.